The maximum absolute atomic E-state index is 12.1. The molecule has 3 aromatic rings. The van der Waals surface area contributed by atoms with Crippen molar-refractivity contribution in [3.63, 3.8) is 0 Å². The van der Waals surface area contributed by atoms with Crippen LogP contribution in [0.5, 0.6) is 11.5 Å². The van der Waals surface area contributed by atoms with Crippen LogP contribution in [-0.2, 0) is 9.59 Å². The number of fused-ring (bicyclic) bond motifs is 4. The smallest absolute Gasteiger partial charge is 0.308 e. The molecule has 0 saturated carbocycles. The molecular formula is C23H20O6. The summed E-state index contributed by atoms with van der Waals surface area (Å²) >= 11 is 0. The van der Waals surface area contributed by atoms with Gasteiger partial charge in [0.2, 0.25) is 0 Å². The first-order valence-electron chi connectivity index (χ1n) is 9.18. The summed E-state index contributed by atoms with van der Waals surface area (Å²) in [6.07, 6.45) is -0.472. The molecule has 29 heavy (non-hydrogen) atoms. The molecule has 0 fully saturated rings. The average molecular weight is 392 g/mol. The zero-order chi connectivity index (χ0) is 20.7. The molecular weight excluding hydrogens is 372 g/mol. The monoisotopic (exact) mass is 392 g/mol. The third kappa shape index (κ3) is 3.06. The Bertz CT molecular complexity index is 1130. The van der Waals surface area contributed by atoms with Crippen LogP contribution >= 0.6 is 0 Å². The first kappa shape index (κ1) is 18.8. The van der Waals surface area contributed by atoms with Gasteiger partial charge < -0.3 is 19.7 Å². The van der Waals surface area contributed by atoms with Gasteiger partial charge in [0.15, 0.2) is 11.5 Å². The molecule has 1 aliphatic carbocycles. The molecule has 148 valence electrons. The SMILES string of the molecule is COc1cc2c(cc1OC)C(C(CC(=O)O)C(=O)O)c1cc3ccccc3cc1-2. The Morgan fingerprint density at radius 3 is 2.03 bits per heavy atom. The zero-order valence-electron chi connectivity index (χ0n) is 16.0. The number of benzene rings is 3. The fourth-order valence-electron chi connectivity index (χ4n) is 4.27. The van der Waals surface area contributed by atoms with Crippen LogP contribution in [0.3, 0.4) is 0 Å². The van der Waals surface area contributed by atoms with Crippen molar-refractivity contribution in [1.29, 1.82) is 0 Å². The van der Waals surface area contributed by atoms with Gasteiger partial charge in [-0.05, 0) is 57.3 Å². The van der Waals surface area contributed by atoms with E-state index in [1.165, 1.54) is 7.11 Å². The number of carbonyl (C=O) groups is 2. The molecule has 0 saturated heterocycles. The van der Waals surface area contributed by atoms with Gasteiger partial charge in [-0.2, -0.15) is 0 Å². The second-order valence-electron chi connectivity index (χ2n) is 7.10. The lowest BCUT2D eigenvalue weighted by atomic mass is 9.81. The summed E-state index contributed by atoms with van der Waals surface area (Å²) in [6.45, 7) is 0. The average Bonchev–Trinajstić information content (AvgIpc) is 3.01. The van der Waals surface area contributed by atoms with Crippen LogP contribution in [0, 0.1) is 5.92 Å². The second-order valence-corrected chi connectivity index (χ2v) is 7.10. The van der Waals surface area contributed by atoms with E-state index < -0.39 is 30.2 Å². The Hall–Kier alpha value is -3.54. The molecule has 6 nitrogen and oxygen atoms in total. The van der Waals surface area contributed by atoms with E-state index in [2.05, 4.69) is 0 Å². The van der Waals surface area contributed by atoms with Crippen LogP contribution in [0.4, 0.5) is 0 Å². The van der Waals surface area contributed by atoms with E-state index in [-0.39, 0.29) is 0 Å². The summed E-state index contributed by atoms with van der Waals surface area (Å²) in [5.74, 6) is -2.97. The fourth-order valence-corrected chi connectivity index (χ4v) is 4.27. The normalized spacial score (nSPS) is 15.4. The van der Waals surface area contributed by atoms with Gasteiger partial charge in [-0.15, -0.1) is 0 Å². The molecule has 0 aromatic heterocycles. The first-order chi connectivity index (χ1) is 13.9. The lowest BCUT2D eigenvalue weighted by Gasteiger charge is -2.21. The highest BCUT2D eigenvalue weighted by molar-refractivity contribution is 5.94. The van der Waals surface area contributed by atoms with E-state index in [4.69, 9.17) is 9.47 Å². The summed E-state index contributed by atoms with van der Waals surface area (Å²) in [5.41, 5.74) is 3.27. The Labute approximate surface area is 167 Å². The zero-order valence-corrected chi connectivity index (χ0v) is 16.0. The molecule has 2 N–H and O–H groups in total. The van der Waals surface area contributed by atoms with E-state index in [0.717, 1.165) is 33.0 Å². The van der Waals surface area contributed by atoms with E-state index in [0.29, 0.717) is 11.5 Å². The van der Waals surface area contributed by atoms with Crippen molar-refractivity contribution >= 4 is 22.7 Å². The van der Waals surface area contributed by atoms with Crippen LogP contribution in [0.1, 0.15) is 23.5 Å². The van der Waals surface area contributed by atoms with E-state index >= 15 is 0 Å². The third-order valence-electron chi connectivity index (χ3n) is 5.55. The molecule has 2 unspecified atom stereocenters. The highest BCUT2D eigenvalue weighted by Crippen LogP contribution is 2.53. The highest BCUT2D eigenvalue weighted by Gasteiger charge is 2.40. The van der Waals surface area contributed by atoms with Crippen LogP contribution in [0.15, 0.2) is 48.5 Å². The molecule has 0 heterocycles. The van der Waals surface area contributed by atoms with Crippen molar-refractivity contribution in [2.75, 3.05) is 14.2 Å². The first-order valence-corrected chi connectivity index (χ1v) is 9.18. The van der Waals surface area contributed by atoms with Gasteiger partial charge in [-0.1, -0.05) is 24.3 Å². The maximum atomic E-state index is 12.1. The summed E-state index contributed by atoms with van der Waals surface area (Å²) < 4.78 is 10.9. The lowest BCUT2D eigenvalue weighted by Crippen LogP contribution is -2.24. The fraction of sp³-hybridized carbons (Fsp3) is 0.217. The molecule has 0 amide bonds. The van der Waals surface area contributed by atoms with E-state index in [1.54, 1.807) is 13.2 Å². The predicted octanol–water partition coefficient (Wildman–Crippen LogP) is 4.14. The number of rotatable bonds is 6. The second kappa shape index (κ2) is 7.13. The molecule has 0 aliphatic heterocycles. The Morgan fingerprint density at radius 1 is 0.897 bits per heavy atom. The minimum absolute atomic E-state index is 0.472. The number of hydrogen-bond acceptors (Lipinski definition) is 4. The molecule has 4 rings (SSSR count). The van der Waals surface area contributed by atoms with Crippen molar-refractivity contribution in [1.82, 2.24) is 0 Å². The molecule has 0 radical (unpaired) electrons. The van der Waals surface area contributed by atoms with Crippen LogP contribution in [0.25, 0.3) is 21.9 Å². The van der Waals surface area contributed by atoms with Gasteiger partial charge in [0.1, 0.15) is 0 Å². The standard InChI is InChI=1S/C23H20O6/c1-28-19-9-15-14-7-12-5-3-4-6-13(12)8-16(14)22(17(15)10-20(19)29-2)18(23(26)27)11-21(24)25/h3-10,18,22H,11H2,1-2H3,(H,24,25)(H,26,27). The van der Waals surface area contributed by atoms with E-state index in [9.17, 15) is 19.8 Å². The van der Waals surface area contributed by atoms with Crippen molar-refractivity contribution in [3.8, 4) is 22.6 Å². The van der Waals surface area contributed by atoms with Gasteiger partial charge >= 0.3 is 11.9 Å². The van der Waals surface area contributed by atoms with Gasteiger partial charge in [0, 0.05) is 5.92 Å². The molecule has 0 bridgehead atoms. The predicted molar refractivity (Wildman–Crippen MR) is 108 cm³/mol. The topological polar surface area (TPSA) is 93.1 Å². The molecule has 3 aromatic carbocycles. The summed E-state index contributed by atoms with van der Waals surface area (Å²) in [4.78, 5) is 23.5. The lowest BCUT2D eigenvalue weighted by molar-refractivity contribution is -0.148. The van der Waals surface area contributed by atoms with Crippen molar-refractivity contribution < 1.29 is 29.3 Å². The van der Waals surface area contributed by atoms with Gasteiger partial charge in [-0.3, -0.25) is 9.59 Å². The number of aliphatic carboxylic acids is 2. The van der Waals surface area contributed by atoms with Gasteiger partial charge in [-0.25, -0.2) is 0 Å². The van der Waals surface area contributed by atoms with Crippen LogP contribution < -0.4 is 9.47 Å². The number of methoxy groups -OCH3 is 2. The van der Waals surface area contributed by atoms with E-state index in [1.807, 2.05) is 42.5 Å². The minimum Gasteiger partial charge on any atom is -0.493 e. The van der Waals surface area contributed by atoms with Gasteiger partial charge in [0.05, 0.1) is 26.6 Å². The van der Waals surface area contributed by atoms with Gasteiger partial charge in [0.25, 0.3) is 0 Å². The largest absolute Gasteiger partial charge is 0.493 e. The van der Waals surface area contributed by atoms with Crippen molar-refractivity contribution in [2.45, 2.75) is 12.3 Å². The highest BCUT2D eigenvalue weighted by atomic mass is 16.5. The third-order valence-corrected chi connectivity index (χ3v) is 5.55. The summed E-state index contributed by atoms with van der Waals surface area (Å²) in [5, 5.41) is 21.2. The minimum atomic E-state index is -1.14. The Kier molecular flexibility index (Phi) is 4.62. The molecule has 0 spiro atoms. The molecule has 1 aliphatic rings. The van der Waals surface area contributed by atoms with Crippen LogP contribution in [0.2, 0.25) is 0 Å². The number of ether oxygens (including phenoxy) is 2. The number of carboxylic acids is 2. The maximum Gasteiger partial charge on any atom is 0.308 e. The summed E-state index contributed by atoms with van der Waals surface area (Å²) in [6, 6.07) is 15.4. The summed E-state index contributed by atoms with van der Waals surface area (Å²) in [7, 11) is 3.06. The quantitative estimate of drug-likeness (QED) is 0.655. The molecule has 2 atom stereocenters. The number of hydrogen-bond donors (Lipinski definition) is 2. The Balaban J connectivity index is 2.02. The number of carboxylic acid groups (broad SMARTS) is 2. The van der Waals surface area contributed by atoms with Crippen molar-refractivity contribution in [2.24, 2.45) is 5.92 Å². The van der Waals surface area contributed by atoms with Crippen molar-refractivity contribution in [3.05, 3.63) is 59.7 Å². The Morgan fingerprint density at radius 2 is 1.45 bits per heavy atom. The van der Waals surface area contributed by atoms with Crippen LogP contribution in [-0.4, -0.2) is 36.4 Å². The molecule has 6 heteroatoms.